The average molecular weight is 426 g/mol. The number of anilines is 3. The van der Waals surface area contributed by atoms with Crippen molar-refractivity contribution in [1.82, 2.24) is 35.2 Å². The molecule has 11 heteroatoms. The van der Waals surface area contributed by atoms with Crippen LogP contribution in [0.25, 0.3) is 5.69 Å². The van der Waals surface area contributed by atoms with E-state index in [4.69, 9.17) is 17.3 Å². The standard InChI is InChI=1S/C18H16ClN9S/c1-11(29-18-25-26-27-28(18)14-9-7-12(19)8-10-14)15-22-16(20)24-17(23-15)21-13-5-3-2-4-6-13/h2-11H,1H3,(H3,20,21,22,23,24). The molecule has 0 spiro atoms. The van der Waals surface area contributed by atoms with E-state index < -0.39 is 0 Å². The smallest absolute Gasteiger partial charge is 0.232 e. The quantitative estimate of drug-likeness (QED) is 0.445. The van der Waals surface area contributed by atoms with Crippen molar-refractivity contribution in [2.75, 3.05) is 11.1 Å². The summed E-state index contributed by atoms with van der Waals surface area (Å²) in [5.41, 5.74) is 7.55. The van der Waals surface area contributed by atoms with Gasteiger partial charge in [-0.25, -0.2) is 0 Å². The van der Waals surface area contributed by atoms with Crippen molar-refractivity contribution in [3.8, 4) is 5.69 Å². The minimum absolute atomic E-state index is 0.137. The second kappa shape index (κ2) is 8.41. The van der Waals surface area contributed by atoms with Crippen LogP contribution in [-0.2, 0) is 0 Å². The van der Waals surface area contributed by atoms with Crippen molar-refractivity contribution in [2.24, 2.45) is 0 Å². The zero-order valence-corrected chi connectivity index (χ0v) is 16.8. The SMILES string of the molecule is CC(Sc1nnnn1-c1ccc(Cl)cc1)c1nc(N)nc(Nc2ccccc2)n1. The van der Waals surface area contributed by atoms with Gasteiger partial charge in [-0.15, -0.1) is 5.10 Å². The van der Waals surface area contributed by atoms with Gasteiger partial charge in [0, 0.05) is 10.7 Å². The Morgan fingerprint density at radius 2 is 1.79 bits per heavy atom. The minimum atomic E-state index is -0.173. The second-order valence-electron chi connectivity index (χ2n) is 5.98. The number of rotatable bonds is 6. The van der Waals surface area contributed by atoms with Gasteiger partial charge in [-0.1, -0.05) is 41.6 Å². The van der Waals surface area contributed by atoms with E-state index in [-0.39, 0.29) is 11.2 Å². The summed E-state index contributed by atoms with van der Waals surface area (Å²) in [6.07, 6.45) is 0. The van der Waals surface area contributed by atoms with E-state index in [0.29, 0.717) is 22.0 Å². The van der Waals surface area contributed by atoms with Crippen LogP contribution >= 0.6 is 23.4 Å². The molecule has 2 aromatic carbocycles. The maximum atomic E-state index is 5.96. The largest absolute Gasteiger partial charge is 0.368 e. The highest BCUT2D eigenvalue weighted by molar-refractivity contribution is 7.99. The minimum Gasteiger partial charge on any atom is -0.368 e. The number of nitrogen functional groups attached to an aromatic ring is 1. The lowest BCUT2D eigenvalue weighted by Gasteiger charge is -2.12. The highest BCUT2D eigenvalue weighted by Crippen LogP contribution is 2.33. The van der Waals surface area contributed by atoms with E-state index in [1.165, 1.54) is 11.8 Å². The molecule has 4 rings (SSSR count). The molecule has 1 unspecified atom stereocenters. The third kappa shape index (κ3) is 4.61. The molecule has 4 aromatic rings. The highest BCUT2D eigenvalue weighted by Gasteiger charge is 2.18. The zero-order valence-electron chi connectivity index (χ0n) is 15.3. The van der Waals surface area contributed by atoms with Crippen LogP contribution in [-0.4, -0.2) is 35.2 Å². The van der Waals surface area contributed by atoms with Crippen LogP contribution in [0.3, 0.4) is 0 Å². The highest BCUT2D eigenvalue weighted by atomic mass is 35.5. The Morgan fingerprint density at radius 1 is 1.03 bits per heavy atom. The van der Waals surface area contributed by atoms with Crippen LogP contribution in [0.5, 0.6) is 0 Å². The van der Waals surface area contributed by atoms with Gasteiger partial charge in [-0.3, -0.25) is 0 Å². The van der Waals surface area contributed by atoms with Crippen molar-refractivity contribution >= 4 is 40.9 Å². The fourth-order valence-corrected chi connectivity index (χ4v) is 3.48. The number of halogens is 1. The molecule has 29 heavy (non-hydrogen) atoms. The summed E-state index contributed by atoms with van der Waals surface area (Å²) in [4.78, 5) is 12.9. The molecule has 0 bridgehead atoms. The Kier molecular flexibility index (Phi) is 5.54. The van der Waals surface area contributed by atoms with E-state index in [9.17, 15) is 0 Å². The van der Waals surface area contributed by atoms with Gasteiger partial charge in [0.2, 0.25) is 17.1 Å². The van der Waals surface area contributed by atoms with Gasteiger partial charge >= 0.3 is 0 Å². The van der Waals surface area contributed by atoms with Crippen LogP contribution in [0.15, 0.2) is 59.8 Å². The Bertz CT molecular complexity index is 1100. The zero-order chi connectivity index (χ0) is 20.2. The fraction of sp³-hybridized carbons (Fsp3) is 0.111. The van der Waals surface area contributed by atoms with E-state index >= 15 is 0 Å². The first-order valence-electron chi connectivity index (χ1n) is 8.63. The summed E-state index contributed by atoms with van der Waals surface area (Å²) in [6.45, 7) is 1.95. The van der Waals surface area contributed by atoms with Crippen molar-refractivity contribution in [2.45, 2.75) is 17.3 Å². The van der Waals surface area contributed by atoms with Crippen LogP contribution in [0, 0.1) is 0 Å². The number of nitrogens with zero attached hydrogens (tertiary/aromatic N) is 7. The average Bonchev–Trinajstić information content (AvgIpc) is 3.17. The normalized spacial score (nSPS) is 11.9. The van der Waals surface area contributed by atoms with Gasteiger partial charge in [-0.2, -0.15) is 19.6 Å². The van der Waals surface area contributed by atoms with E-state index in [1.54, 1.807) is 16.8 Å². The Hall–Kier alpha value is -3.24. The van der Waals surface area contributed by atoms with Gasteiger partial charge in [0.15, 0.2) is 0 Å². The maximum absolute atomic E-state index is 5.96. The molecule has 0 amide bonds. The van der Waals surface area contributed by atoms with Crippen LogP contribution in [0.1, 0.15) is 18.0 Å². The molecule has 0 radical (unpaired) electrons. The van der Waals surface area contributed by atoms with E-state index in [0.717, 1.165) is 11.4 Å². The van der Waals surface area contributed by atoms with Crippen LogP contribution in [0.2, 0.25) is 5.02 Å². The van der Waals surface area contributed by atoms with Crippen molar-refractivity contribution in [1.29, 1.82) is 0 Å². The monoisotopic (exact) mass is 425 g/mol. The molecule has 146 valence electrons. The number of nitrogens with one attached hydrogen (secondary N) is 1. The number of hydrogen-bond acceptors (Lipinski definition) is 9. The summed E-state index contributed by atoms with van der Waals surface area (Å²) in [5.74, 6) is 1.04. The van der Waals surface area contributed by atoms with Crippen LogP contribution in [0.4, 0.5) is 17.6 Å². The molecular formula is C18H16ClN9S. The Balaban J connectivity index is 1.56. The topological polar surface area (TPSA) is 120 Å². The van der Waals surface area contributed by atoms with Gasteiger partial charge in [0.25, 0.3) is 0 Å². The first kappa shape index (κ1) is 19.1. The molecule has 2 heterocycles. The van der Waals surface area contributed by atoms with Gasteiger partial charge in [0.1, 0.15) is 5.82 Å². The van der Waals surface area contributed by atoms with Crippen molar-refractivity contribution < 1.29 is 0 Å². The van der Waals surface area contributed by atoms with Crippen LogP contribution < -0.4 is 11.1 Å². The Labute approximate surface area is 175 Å². The third-order valence-corrected chi connectivity index (χ3v) is 5.14. The number of nitrogens with two attached hydrogens (primary N) is 1. The first-order chi connectivity index (χ1) is 14.1. The lowest BCUT2D eigenvalue weighted by atomic mass is 10.3. The molecule has 0 fully saturated rings. The predicted octanol–water partition coefficient (Wildman–Crippen LogP) is 3.68. The fourth-order valence-electron chi connectivity index (χ4n) is 2.51. The van der Waals surface area contributed by atoms with Gasteiger partial charge < -0.3 is 11.1 Å². The molecule has 3 N–H and O–H groups in total. The van der Waals surface area contributed by atoms with Gasteiger partial charge in [0.05, 0.1) is 10.9 Å². The lowest BCUT2D eigenvalue weighted by Crippen LogP contribution is -2.09. The number of aromatic nitrogens is 7. The molecule has 1 atom stereocenters. The molecule has 0 aliphatic heterocycles. The summed E-state index contributed by atoms with van der Waals surface area (Å²) >= 11 is 7.37. The second-order valence-corrected chi connectivity index (χ2v) is 7.72. The molecule has 0 saturated carbocycles. The molecule has 0 saturated heterocycles. The molecule has 2 aromatic heterocycles. The van der Waals surface area contributed by atoms with Gasteiger partial charge in [-0.05, 0) is 53.7 Å². The van der Waals surface area contributed by atoms with E-state index in [2.05, 4.69) is 35.8 Å². The maximum Gasteiger partial charge on any atom is 0.232 e. The summed E-state index contributed by atoms with van der Waals surface area (Å²) in [7, 11) is 0. The summed E-state index contributed by atoms with van der Waals surface area (Å²) in [5, 5.41) is 16.1. The molecule has 9 nitrogen and oxygen atoms in total. The summed E-state index contributed by atoms with van der Waals surface area (Å²) < 4.78 is 1.63. The number of benzene rings is 2. The Morgan fingerprint density at radius 3 is 2.55 bits per heavy atom. The number of thioether (sulfide) groups is 1. The summed E-state index contributed by atoms with van der Waals surface area (Å²) in [6, 6.07) is 16.9. The predicted molar refractivity (Wildman–Crippen MR) is 112 cm³/mol. The first-order valence-corrected chi connectivity index (χ1v) is 9.89. The molecule has 0 aliphatic carbocycles. The van der Waals surface area contributed by atoms with Crippen molar-refractivity contribution in [3.63, 3.8) is 0 Å². The number of para-hydroxylation sites is 1. The number of hydrogen-bond donors (Lipinski definition) is 2. The third-order valence-electron chi connectivity index (χ3n) is 3.86. The molecule has 0 aliphatic rings. The molecular weight excluding hydrogens is 410 g/mol. The number of tetrazole rings is 1. The lowest BCUT2D eigenvalue weighted by molar-refractivity contribution is 0.754. The van der Waals surface area contributed by atoms with Crippen molar-refractivity contribution in [3.05, 3.63) is 65.4 Å². The van der Waals surface area contributed by atoms with E-state index in [1.807, 2.05) is 49.4 Å².